The molecule has 25 heavy (non-hydrogen) atoms. The molecule has 1 N–H and O–H groups in total. The van der Waals surface area contributed by atoms with Crippen molar-refractivity contribution in [2.75, 3.05) is 11.9 Å². The van der Waals surface area contributed by atoms with Crippen molar-refractivity contribution in [3.05, 3.63) is 83.4 Å². The number of rotatable bonds is 2. The summed E-state index contributed by atoms with van der Waals surface area (Å²) in [5.41, 5.74) is 2.70. The van der Waals surface area contributed by atoms with Gasteiger partial charge in [-0.1, -0.05) is 41.9 Å². The molecule has 4 rings (SSSR count). The molecular formula is C19H17ClN4O. The molecule has 0 fully saturated rings. The number of nitrogens with zero attached hydrogens (tertiary/aromatic N) is 3. The largest absolute Gasteiger partial charge is 0.348 e. The van der Waals surface area contributed by atoms with Crippen LogP contribution in [0.1, 0.15) is 17.3 Å². The minimum atomic E-state index is -0.184. The summed E-state index contributed by atoms with van der Waals surface area (Å²) in [6.07, 6.45) is 3.65. The Morgan fingerprint density at radius 2 is 1.92 bits per heavy atom. The Morgan fingerprint density at radius 3 is 2.72 bits per heavy atom. The number of pyridine rings is 1. The quantitative estimate of drug-likeness (QED) is 0.703. The minimum absolute atomic E-state index is 0.139. The monoisotopic (exact) mass is 352 g/mol. The zero-order valence-electron chi connectivity index (χ0n) is 13.5. The van der Waals surface area contributed by atoms with Gasteiger partial charge in [-0.2, -0.15) is 0 Å². The molecule has 3 heterocycles. The van der Waals surface area contributed by atoms with Crippen LogP contribution in [0.3, 0.4) is 0 Å². The Kier molecular flexibility index (Phi) is 4.15. The third-order valence-electron chi connectivity index (χ3n) is 4.42. The first-order chi connectivity index (χ1) is 12.2. The van der Waals surface area contributed by atoms with Gasteiger partial charge < -0.3 is 14.8 Å². The summed E-state index contributed by atoms with van der Waals surface area (Å²) >= 11 is 6.08. The summed E-state index contributed by atoms with van der Waals surface area (Å²) in [6.45, 7) is 1.38. The van der Waals surface area contributed by atoms with E-state index in [1.807, 2.05) is 41.3 Å². The maximum atomic E-state index is 13.0. The molecule has 0 radical (unpaired) electrons. The predicted octanol–water partition coefficient (Wildman–Crippen LogP) is 4.17. The Hall–Kier alpha value is -2.79. The summed E-state index contributed by atoms with van der Waals surface area (Å²) in [7, 11) is 0. The number of amides is 2. The van der Waals surface area contributed by atoms with Crippen molar-refractivity contribution >= 4 is 23.3 Å². The fraction of sp³-hybridized carbons (Fsp3) is 0.158. The highest BCUT2D eigenvalue weighted by Gasteiger charge is 2.32. The molecule has 1 atom stereocenters. The standard InChI is InChI=1S/C19H17ClN4O/c20-18-15(8-4-10-21-18)22-19(25)24-13-12-23-11-5-9-16(23)17(24)14-6-2-1-3-7-14/h1-11,17H,12-13H2,(H,22,25). The second-order valence-electron chi connectivity index (χ2n) is 5.90. The van der Waals surface area contributed by atoms with Gasteiger partial charge in [0.2, 0.25) is 0 Å². The number of nitrogens with one attached hydrogen (secondary N) is 1. The summed E-state index contributed by atoms with van der Waals surface area (Å²) in [5, 5.41) is 3.17. The topological polar surface area (TPSA) is 50.2 Å². The Balaban J connectivity index is 1.68. The number of hydrogen-bond donors (Lipinski definition) is 1. The molecule has 0 saturated carbocycles. The van der Waals surface area contributed by atoms with Crippen LogP contribution in [0.4, 0.5) is 10.5 Å². The van der Waals surface area contributed by atoms with Crippen molar-refractivity contribution in [2.45, 2.75) is 12.6 Å². The van der Waals surface area contributed by atoms with Crippen LogP contribution in [-0.4, -0.2) is 27.0 Å². The molecule has 0 spiro atoms. The number of carbonyl (C=O) groups excluding carboxylic acids is 1. The maximum Gasteiger partial charge on any atom is 0.322 e. The van der Waals surface area contributed by atoms with Crippen molar-refractivity contribution in [1.29, 1.82) is 0 Å². The van der Waals surface area contributed by atoms with Gasteiger partial charge in [-0.15, -0.1) is 0 Å². The van der Waals surface area contributed by atoms with Gasteiger partial charge in [0.05, 0.1) is 11.7 Å². The van der Waals surface area contributed by atoms with Gasteiger partial charge in [0.15, 0.2) is 5.15 Å². The van der Waals surface area contributed by atoms with Crippen LogP contribution in [0, 0.1) is 0 Å². The molecule has 1 aromatic carbocycles. The first kappa shape index (κ1) is 15.7. The molecule has 1 aliphatic heterocycles. The van der Waals surface area contributed by atoms with Crippen LogP contribution in [0.15, 0.2) is 67.0 Å². The third-order valence-corrected chi connectivity index (χ3v) is 4.72. The average Bonchev–Trinajstić information content (AvgIpc) is 3.12. The summed E-state index contributed by atoms with van der Waals surface area (Å²) < 4.78 is 2.19. The van der Waals surface area contributed by atoms with Gasteiger partial charge in [0, 0.05) is 31.2 Å². The molecule has 0 aliphatic carbocycles. The number of fused-ring (bicyclic) bond motifs is 1. The molecule has 0 saturated heterocycles. The third kappa shape index (κ3) is 2.98. The van der Waals surface area contributed by atoms with Crippen LogP contribution in [0.5, 0.6) is 0 Å². The summed E-state index contributed by atoms with van der Waals surface area (Å²) in [4.78, 5) is 18.8. The van der Waals surface area contributed by atoms with E-state index in [9.17, 15) is 4.79 Å². The Labute approximate surface area is 150 Å². The van der Waals surface area contributed by atoms with E-state index < -0.39 is 0 Å². The molecule has 6 heteroatoms. The molecular weight excluding hydrogens is 336 g/mol. The van der Waals surface area contributed by atoms with E-state index in [1.54, 1.807) is 18.3 Å². The van der Waals surface area contributed by atoms with Crippen molar-refractivity contribution in [2.24, 2.45) is 0 Å². The Bertz CT molecular complexity index is 893. The molecule has 2 aromatic heterocycles. The lowest BCUT2D eigenvalue weighted by atomic mass is 10.0. The highest BCUT2D eigenvalue weighted by Crippen LogP contribution is 2.33. The average molecular weight is 353 g/mol. The van der Waals surface area contributed by atoms with Crippen molar-refractivity contribution in [1.82, 2.24) is 14.5 Å². The summed E-state index contributed by atoms with van der Waals surface area (Å²) in [5.74, 6) is 0. The maximum absolute atomic E-state index is 13.0. The zero-order chi connectivity index (χ0) is 17.2. The summed E-state index contributed by atoms with van der Waals surface area (Å²) in [6, 6.07) is 17.3. The van der Waals surface area contributed by atoms with E-state index in [2.05, 4.69) is 27.1 Å². The zero-order valence-corrected chi connectivity index (χ0v) is 14.2. The normalized spacial score (nSPS) is 16.4. The van der Waals surface area contributed by atoms with Crippen molar-refractivity contribution < 1.29 is 4.79 Å². The second kappa shape index (κ2) is 6.61. The molecule has 0 bridgehead atoms. The van der Waals surface area contributed by atoms with Crippen molar-refractivity contribution in [3.63, 3.8) is 0 Å². The van der Waals surface area contributed by atoms with E-state index in [4.69, 9.17) is 11.6 Å². The first-order valence-corrected chi connectivity index (χ1v) is 8.50. The van der Waals surface area contributed by atoms with Crippen LogP contribution in [0.2, 0.25) is 5.15 Å². The Morgan fingerprint density at radius 1 is 1.08 bits per heavy atom. The van der Waals surface area contributed by atoms with E-state index in [0.717, 1.165) is 17.8 Å². The fourth-order valence-corrected chi connectivity index (χ4v) is 3.42. The highest BCUT2D eigenvalue weighted by molar-refractivity contribution is 6.32. The number of benzene rings is 1. The SMILES string of the molecule is O=C(Nc1cccnc1Cl)N1CCn2cccc2C1c1ccccc1. The number of halogens is 1. The molecule has 1 aliphatic rings. The van der Waals surface area contributed by atoms with Crippen LogP contribution in [-0.2, 0) is 6.54 Å². The molecule has 3 aromatic rings. The number of hydrogen-bond acceptors (Lipinski definition) is 2. The van der Waals surface area contributed by atoms with E-state index >= 15 is 0 Å². The van der Waals surface area contributed by atoms with Crippen LogP contribution in [0.25, 0.3) is 0 Å². The lowest BCUT2D eigenvalue weighted by molar-refractivity contribution is 0.182. The van der Waals surface area contributed by atoms with Gasteiger partial charge in [0.1, 0.15) is 0 Å². The molecule has 126 valence electrons. The number of urea groups is 1. The van der Waals surface area contributed by atoms with Crippen LogP contribution >= 0.6 is 11.6 Å². The number of anilines is 1. The van der Waals surface area contributed by atoms with E-state index in [1.165, 1.54) is 0 Å². The molecule has 2 amide bonds. The van der Waals surface area contributed by atoms with Crippen LogP contribution < -0.4 is 5.32 Å². The van der Waals surface area contributed by atoms with Gasteiger partial charge in [0.25, 0.3) is 0 Å². The highest BCUT2D eigenvalue weighted by atomic mass is 35.5. The molecule has 1 unspecified atom stereocenters. The second-order valence-corrected chi connectivity index (χ2v) is 6.26. The molecule has 5 nitrogen and oxygen atoms in total. The fourth-order valence-electron chi connectivity index (χ4n) is 3.25. The smallest absolute Gasteiger partial charge is 0.322 e. The van der Waals surface area contributed by atoms with Gasteiger partial charge in [-0.3, -0.25) is 0 Å². The van der Waals surface area contributed by atoms with Crippen molar-refractivity contribution in [3.8, 4) is 0 Å². The van der Waals surface area contributed by atoms with E-state index in [0.29, 0.717) is 12.2 Å². The first-order valence-electron chi connectivity index (χ1n) is 8.12. The van der Waals surface area contributed by atoms with Gasteiger partial charge in [-0.05, 0) is 29.8 Å². The van der Waals surface area contributed by atoms with Gasteiger partial charge >= 0.3 is 6.03 Å². The number of aromatic nitrogens is 2. The minimum Gasteiger partial charge on any atom is -0.348 e. The van der Waals surface area contributed by atoms with E-state index in [-0.39, 0.29) is 17.2 Å². The lowest BCUT2D eigenvalue weighted by Gasteiger charge is -2.37. The predicted molar refractivity (Wildman–Crippen MR) is 97.7 cm³/mol. The lowest BCUT2D eigenvalue weighted by Crippen LogP contribution is -2.44. The van der Waals surface area contributed by atoms with Gasteiger partial charge in [-0.25, -0.2) is 9.78 Å². The number of carbonyl (C=O) groups is 1.